The van der Waals surface area contributed by atoms with E-state index < -0.39 is 0 Å². The molecule has 0 bridgehead atoms. The number of nitrogens with zero attached hydrogens (tertiary/aromatic N) is 1. The van der Waals surface area contributed by atoms with Crippen molar-refractivity contribution < 1.29 is 4.79 Å². The lowest BCUT2D eigenvalue weighted by atomic mass is 10.1. The van der Waals surface area contributed by atoms with E-state index in [0.29, 0.717) is 17.7 Å². The van der Waals surface area contributed by atoms with Gasteiger partial charge in [-0.1, -0.05) is 56.3 Å². The standard InChI is InChI=1S/C21H22N4O.C2H6/c1-14-12-19(15(2)25(14)18-6-4-3-5-7-18)21(26)24-13-16-8-10-17(11-9-16)20(22)23;1-2/h3-12H,13H2,1-2H3,(H3,22,23)(H,24,26);1-2H3. The summed E-state index contributed by atoms with van der Waals surface area (Å²) in [5.74, 6) is -0.0649. The summed E-state index contributed by atoms with van der Waals surface area (Å²) in [6.07, 6.45) is 0. The second kappa shape index (κ2) is 9.55. The number of aromatic nitrogens is 1. The average molecular weight is 377 g/mol. The molecule has 146 valence electrons. The van der Waals surface area contributed by atoms with Crippen molar-refractivity contribution in [2.75, 3.05) is 0 Å². The molecule has 0 radical (unpaired) electrons. The lowest BCUT2D eigenvalue weighted by Crippen LogP contribution is -2.23. The number of nitrogens with two attached hydrogens (primary N) is 1. The summed E-state index contributed by atoms with van der Waals surface area (Å²) in [6.45, 7) is 8.37. The summed E-state index contributed by atoms with van der Waals surface area (Å²) < 4.78 is 2.08. The van der Waals surface area contributed by atoms with Gasteiger partial charge in [0.15, 0.2) is 0 Å². The number of nitrogen functional groups attached to an aromatic ring is 1. The summed E-state index contributed by atoms with van der Waals surface area (Å²) in [5, 5.41) is 10.4. The number of benzene rings is 2. The van der Waals surface area contributed by atoms with Gasteiger partial charge in [-0.15, -0.1) is 0 Å². The molecule has 1 amide bonds. The molecule has 0 aliphatic carbocycles. The third kappa shape index (κ3) is 4.68. The van der Waals surface area contributed by atoms with Gasteiger partial charge < -0.3 is 15.6 Å². The van der Waals surface area contributed by atoms with Gasteiger partial charge in [0.2, 0.25) is 0 Å². The van der Waals surface area contributed by atoms with Gasteiger partial charge in [0.05, 0.1) is 5.56 Å². The lowest BCUT2D eigenvalue weighted by molar-refractivity contribution is 0.0950. The van der Waals surface area contributed by atoms with Crippen molar-refractivity contribution in [1.82, 2.24) is 9.88 Å². The number of para-hydroxylation sites is 1. The van der Waals surface area contributed by atoms with E-state index in [9.17, 15) is 4.79 Å². The summed E-state index contributed by atoms with van der Waals surface area (Å²) >= 11 is 0. The molecule has 0 saturated carbocycles. The monoisotopic (exact) mass is 376 g/mol. The maximum absolute atomic E-state index is 12.6. The number of carbonyl (C=O) groups excluding carboxylic acids is 1. The van der Waals surface area contributed by atoms with Crippen LogP contribution in [0.15, 0.2) is 60.7 Å². The first-order chi connectivity index (χ1) is 13.5. The maximum Gasteiger partial charge on any atom is 0.253 e. The molecule has 0 aliphatic heterocycles. The van der Waals surface area contributed by atoms with Gasteiger partial charge in [-0.3, -0.25) is 10.2 Å². The van der Waals surface area contributed by atoms with Crippen LogP contribution in [-0.4, -0.2) is 16.3 Å². The highest BCUT2D eigenvalue weighted by molar-refractivity contribution is 5.96. The number of amides is 1. The SMILES string of the molecule is CC.Cc1cc(C(=O)NCc2ccc(C(=N)N)cc2)c(C)n1-c1ccccc1. The summed E-state index contributed by atoms with van der Waals surface area (Å²) in [4.78, 5) is 12.6. The second-order valence-electron chi connectivity index (χ2n) is 6.25. The molecule has 28 heavy (non-hydrogen) atoms. The lowest BCUT2D eigenvalue weighted by Gasteiger charge is -2.10. The first kappa shape index (κ1) is 21.0. The fourth-order valence-electron chi connectivity index (χ4n) is 3.05. The fourth-order valence-corrected chi connectivity index (χ4v) is 3.05. The van der Waals surface area contributed by atoms with Crippen LogP contribution >= 0.6 is 0 Å². The van der Waals surface area contributed by atoms with Crippen molar-refractivity contribution in [2.24, 2.45) is 5.73 Å². The molecule has 2 aromatic carbocycles. The minimum Gasteiger partial charge on any atom is -0.384 e. The van der Waals surface area contributed by atoms with Gasteiger partial charge in [0.1, 0.15) is 5.84 Å². The van der Waals surface area contributed by atoms with Crippen molar-refractivity contribution in [3.8, 4) is 5.69 Å². The Kier molecular flexibility index (Phi) is 7.15. The number of nitrogens with one attached hydrogen (secondary N) is 2. The van der Waals surface area contributed by atoms with E-state index in [1.807, 2.05) is 76.2 Å². The van der Waals surface area contributed by atoms with Crippen LogP contribution in [0.25, 0.3) is 5.69 Å². The van der Waals surface area contributed by atoms with Crippen LogP contribution in [0.3, 0.4) is 0 Å². The molecule has 5 heteroatoms. The van der Waals surface area contributed by atoms with Gasteiger partial charge in [0, 0.05) is 29.2 Å². The van der Waals surface area contributed by atoms with E-state index in [4.69, 9.17) is 11.1 Å². The summed E-state index contributed by atoms with van der Waals surface area (Å²) in [7, 11) is 0. The van der Waals surface area contributed by atoms with Gasteiger partial charge >= 0.3 is 0 Å². The summed E-state index contributed by atoms with van der Waals surface area (Å²) in [6, 6.07) is 19.2. The van der Waals surface area contributed by atoms with E-state index in [2.05, 4.69) is 9.88 Å². The Bertz CT molecular complexity index is 941. The largest absolute Gasteiger partial charge is 0.384 e. The predicted octanol–water partition coefficient (Wildman–Crippen LogP) is 4.33. The molecule has 0 spiro atoms. The van der Waals surface area contributed by atoms with Crippen LogP contribution in [0.2, 0.25) is 0 Å². The molecule has 3 rings (SSSR count). The van der Waals surface area contributed by atoms with E-state index in [0.717, 1.165) is 22.6 Å². The average Bonchev–Trinajstić information content (AvgIpc) is 3.02. The molecule has 1 aromatic heterocycles. The fraction of sp³-hybridized carbons (Fsp3) is 0.217. The molecule has 0 aliphatic rings. The Balaban J connectivity index is 0.00000136. The minimum absolute atomic E-state index is 0.0361. The molecule has 0 unspecified atom stereocenters. The second-order valence-corrected chi connectivity index (χ2v) is 6.25. The molecule has 0 fully saturated rings. The van der Waals surface area contributed by atoms with Crippen LogP contribution in [0.5, 0.6) is 0 Å². The van der Waals surface area contributed by atoms with Crippen molar-refractivity contribution in [3.63, 3.8) is 0 Å². The zero-order chi connectivity index (χ0) is 20.7. The highest BCUT2D eigenvalue weighted by atomic mass is 16.1. The number of amidine groups is 1. The third-order valence-electron chi connectivity index (χ3n) is 4.41. The van der Waals surface area contributed by atoms with Gasteiger partial charge in [-0.25, -0.2) is 0 Å². The van der Waals surface area contributed by atoms with E-state index in [-0.39, 0.29) is 11.7 Å². The number of hydrogen-bond donors (Lipinski definition) is 3. The maximum atomic E-state index is 12.6. The van der Waals surface area contributed by atoms with Crippen LogP contribution in [-0.2, 0) is 6.54 Å². The van der Waals surface area contributed by atoms with Crippen LogP contribution in [0, 0.1) is 19.3 Å². The molecule has 3 aromatic rings. The number of rotatable bonds is 5. The minimum atomic E-state index is -0.101. The Morgan fingerprint density at radius 1 is 1.04 bits per heavy atom. The molecule has 0 atom stereocenters. The first-order valence-corrected chi connectivity index (χ1v) is 9.43. The number of carbonyl (C=O) groups is 1. The molecule has 1 heterocycles. The molecule has 0 saturated heterocycles. The van der Waals surface area contributed by atoms with Crippen molar-refractivity contribution in [1.29, 1.82) is 5.41 Å². The van der Waals surface area contributed by atoms with E-state index in [1.54, 1.807) is 12.1 Å². The molecular formula is C23H28N4O. The zero-order valence-electron chi connectivity index (χ0n) is 16.9. The number of hydrogen-bond acceptors (Lipinski definition) is 2. The molecular weight excluding hydrogens is 348 g/mol. The first-order valence-electron chi connectivity index (χ1n) is 9.43. The normalized spacial score (nSPS) is 10.0. The van der Waals surface area contributed by atoms with Gasteiger partial charge in [0.25, 0.3) is 5.91 Å². The molecule has 5 nitrogen and oxygen atoms in total. The van der Waals surface area contributed by atoms with E-state index in [1.165, 1.54) is 0 Å². The van der Waals surface area contributed by atoms with Crippen LogP contribution < -0.4 is 11.1 Å². The van der Waals surface area contributed by atoms with Gasteiger partial charge in [-0.05, 0) is 37.6 Å². The van der Waals surface area contributed by atoms with Crippen LogP contribution in [0.1, 0.15) is 46.7 Å². The van der Waals surface area contributed by atoms with Crippen molar-refractivity contribution in [2.45, 2.75) is 34.2 Å². The molecule has 4 N–H and O–H groups in total. The van der Waals surface area contributed by atoms with Crippen molar-refractivity contribution in [3.05, 3.63) is 88.7 Å². The third-order valence-corrected chi connectivity index (χ3v) is 4.41. The Labute approximate surface area is 166 Å². The Morgan fingerprint density at radius 2 is 1.64 bits per heavy atom. The van der Waals surface area contributed by atoms with Crippen molar-refractivity contribution >= 4 is 11.7 Å². The topological polar surface area (TPSA) is 83.9 Å². The smallest absolute Gasteiger partial charge is 0.253 e. The zero-order valence-corrected chi connectivity index (χ0v) is 16.9. The quantitative estimate of drug-likeness (QED) is 0.457. The van der Waals surface area contributed by atoms with Gasteiger partial charge in [-0.2, -0.15) is 0 Å². The highest BCUT2D eigenvalue weighted by Crippen LogP contribution is 2.20. The summed E-state index contributed by atoms with van der Waals surface area (Å²) in [5.41, 5.74) is 10.7. The Morgan fingerprint density at radius 3 is 2.21 bits per heavy atom. The Hall–Kier alpha value is -3.34. The van der Waals surface area contributed by atoms with Crippen LogP contribution in [0.4, 0.5) is 0 Å². The highest BCUT2D eigenvalue weighted by Gasteiger charge is 2.16. The number of aryl methyl sites for hydroxylation is 1. The van der Waals surface area contributed by atoms with E-state index >= 15 is 0 Å². The predicted molar refractivity (Wildman–Crippen MR) is 115 cm³/mol.